The van der Waals surface area contributed by atoms with E-state index in [1.54, 1.807) is 18.3 Å². The maximum Gasteiger partial charge on any atom is 0.161 e. The summed E-state index contributed by atoms with van der Waals surface area (Å²) in [6.07, 6.45) is 1.62. The Bertz CT molecular complexity index is 471. The summed E-state index contributed by atoms with van der Waals surface area (Å²) in [7, 11) is 0. The summed E-state index contributed by atoms with van der Waals surface area (Å²) in [5, 5.41) is 10.2. The van der Waals surface area contributed by atoms with Crippen LogP contribution in [0.25, 0.3) is 10.9 Å². The van der Waals surface area contributed by atoms with E-state index >= 15 is 0 Å². The third-order valence-electron chi connectivity index (χ3n) is 2.07. The highest BCUT2D eigenvalue weighted by atomic mass is 16.3. The average molecular weight is 175 g/mol. The van der Waals surface area contributed by atoms with Crippen molar-refractivity contribution in [2.75, 3.05) is 0 Å². The van der Waals surface area contributed by atoms with Gasteiger partial charge < -0.3 is 10.1 Å². The van der Waals surface area contributed by atoms with Crippen LogP contribution in [0.3, 0.4) is 0 Å². The van der Waals surface area contributed by atoms with Crippen molar-refractivity contribution in [1.29, 1.82) is 0 Å². The largest absolute Gasteiger partial charge is 0.506 e. The molecule has 0 atom stereocenters. The molecule has 0 amide bonds. The molecule has 1 aromatic heterocycles. The van der Waals surface area contributed by atoms with Crippen molar-refractivity contribution < 1.29 is 9.90 Å². The number of aromatic amines is 1. The summed E-state index contributed by atoms with van der Waals surface area (Å²) in [5.74, 6) is 0.168. The minimum atomic E-state index is -0.00292. The van der Waals surface area contributed by atoms with E-state index in [-0.39, 0.29) is 11.5 Å². The molecule has 0 aliphatic heterocycles. The van der Waals surface area contributed by atoms with Crippen LogP contribution < -0.4 is 0 Å². The summed E-state index contributed by atoms with van der Waals surface area (Å²) in [5.41, 5.74) is 1.23. The fraction of sp³-hybridized carbons (Fsp3) is 0.100. The van der Waals surface area contributed by atoms with Crippen LogP contribution in [0.1, 0.15) is 17.3 Å². The molecule has 1 aromatic carbocycles. The standard InChI is InChI=1S/C10H9NO2/c1-6(12)8-5-11-10-7(8)3-2-4-9(10)13/h2-5,11,13H,1H3. The van der Waals surface area contributed by atoms with Gasteiger partial charge in [-0.05, 0) is 13.0 Å². The number of aromatic hydroxyl groups is 1. The van der Waals surface area contributed by atoms with E-state index in [2.05, 4.69) is 4.98 Å². The molecule has 1 heterocycles. The van der Waals surface area contributed by atoms with Crippen LogP contribution in [0, 0.1) is 0 Å². The number of hydrogen-bond acceptors (Lipinski definition) is 2. The van der Waals surface area contributed by atoms with Gasteiger partial charge in [0, 0.05) is 17.1 Å². The van der Waals surface area contributed by atoms with E-state index < -0.39 is 0 Å². The molecule has 0 aliphatic rings. The summed E-state index contributed by atoms with van der Waals surface area (Å²) < 4.78 is 0. The maximum atomic E-state index is 11.1. The SMILES string of the molecule is CC(=O)c1c[nH]c2c(O)cccc12. The number of H-pyrrole nitrogens is 1. The highest BCUT2D eigenvalue weighted by molar-refractivity contribution is 6.07. The Morgan fingerprint density at radius 3 is 2.92 bits per heavy atom. The molecule has 13 heavy (non-hydrogen) atoms. The first-order valence-corrected chi connectivity index (χ1v) is 4.00. The van der Waals surface area contributed by atoms with Crippen LogP contribution in [0.15, 0.2) is 24.4 Å². The molecule has 2 N–H and O–H groups in total. The van der Waals surface area contributed by atoms with Gasteiger partial charge in [0.1, 0.15) is 5.75 Å². The Morgan fingerprint density at radius 1 is 1.46 bits per heavy atom. The lowest BCUT2D eigenvalue weighted by Gasteiger charge is -1.94. The minimum absolute atomic E-state index is 0.00292. The Hall–Kier alpha value is -1.77. The van der Waals surface area contributed by atoms with Crippen LogP contribution in [0.4, 0.5) is 0 Å². The van der Waals surface area contributed by atoms with Gasteiger partial charge in [-0.1, -0.05) is 12.1 Å². The number of hydrogen-bond donors (Lipinski definition) is 2. The van der Waals surface area contributed by atoms with E-state index in [1.165, 1.54) is 6.92 Å². The highest BCUT2D eigenvalue weighted by Crippen LogP contribution is 2.25. The predicted octanol–water partition coefficient (Wildman–Crippen LogP) is 2.08. The Morgan fingerprint density at radius 2 is 2.23 bits per heavy atom. The Kier molecular flexibility index (Phi) is 1.59. The number of benzene rings is 1. The van der Waals surface area contributed by atoms with E-state index in [0.717, 1.165) is 5.39 Å². The van der Waals surface area contributed by atoms with Gasteiger partial charge in [-0.2, -0.15) is 0 Å². The number of nitrogens with one attached hydrogen (secondary N) is 1. The number of phenols is 1. The summed E-state index contributed by atoms with van der Waals surface area (Å²) >= 11 is 0. The zero-order chi connectivity index (χ0) is 9.42. The molecule has 0 radical (unpaired) electrons. The number of carbonyl (C=O) groups is 1. The second kappa shape index (κ2) is 2.62. The molecule has 2 aromatic rings. The molecule has 3 heteroatoms. The Balaban J connectivity index is 2.83. The number of para-hydroxylation sites is 1. The lowest BCUT2D eigenvalue weighted by Crippen LogP contribution is -1.88. The van der Waals surface area contributed by atoms with Crippen molar-refractivity contribution >= 4 is 16.7 Å². The zero-order valence-corrected chi connectivity index (χ0v) is 7.16. The molecule has 3 nitrogen and oxygen atoms in total. The molecular formula is C10H9NO2. The fourth-order valence-corrected chi connectivity index (χ4v) is 1.43. The second-order valence-corrected chi connectivity index (χ2v) is 2.96. The first-order chi connectivity index (χ1) is 6.20. The first-order valence-electron chi connectivity index (χ1n) is 4.00. The summed E-state index contributed by atoms with van der Waals surface area (Å²) in [6, 6.07) is 5.11. The van der Waals surface area contributed by atoms with E-state index in [9.17, 15) is 9.90 Å². The lowest BCUT2D eigenvalue weighted by molar-refractivity contribution is 0.101. The van der Waals surface area contributed by atoms with Gasteiger partial charge in [-0.25, -0.2) is 0 Å². The molecule has 2 rings (SSSR count). The van der Waals surface area contributed by atoms with Crippen LogP contribution in [-0.2, 0) is 0 Å². The molecule has 0 saturated heterocycles. The zero-order valence-electron chi connectivity index (χ0n) is 7.16. The summed E-state index contributed by atoms with van der Waals surface area (Å²) in [4.78, 5) is 14.0. The number of fused-ring (bicyclic) bond motifs is 1. The fourth-order valence-electron chi connectivity index (χ4n) is 1.43. The van der Waals surface area contributed by atoms with Crippen molar-refractivity contribution in [1.82, 2.24) is 4.98 Å². The normalized spacial score (nSPS) is 10.5. The van der Waals surface area contributed by atoms with Crippen molar-refractivity contribution in [3.8, 4) is 5.75 Å². The second-order valence-electron chi connectivity index (χ2n) is 2.96. The van der Waals surface area contributed by atoms with E-state index in [0.29, 0.717) is 11.1 Å². The molecule has 0 bridgehead atoms. The van der Waals surface area contributed by atoms with Crippen LogP contribution in [0.5, 0.6) is 5.75 Å². The molecule has 0 unspecified atom stereocenters. The third kappa shape index (κ3) is 1.09. The molecular weight excluding hydrogens is 166 g/mol. The van der Waals surface area contributed by atoms with Gasteiger partial charge in [0.2, 0.25) is 0 Å². The van der Waals surface area contributed by atoms with Gasteiger partial charge in [-0.3, -0.25) is 4.79 Å². The third-order valence-corrected chi connectivity index (χ3v) is 2.07. The quantitative estimate of drug-likeness (QED) is 0.652. The van der Waals surface area contributed by atoms with Gasteiger partial charge in [0.05, 0.1) is 5.52 Å². The van der Waals surface area contributed by atoms with Gasteiger partial charge in [0.25, 0.3) is 0 Å². The number of aromatic nitrogens is 1. The maximum absolute atomic E-state index is 11.1. The van der Waals surface area contributed by atoms with Crippen molar-refractivity contribution in [2.45, 2.75) is 6.92 Å². The minimum Gasteiger partial charge on any atom is -0.506 e. The summed E-state index contributed by atoms with van der Waals surface area (Å²) in [6.45, 7) is 1.51. The number of carbonyl (C=O) groups excluding carboxylic acids is 1. The molecule has 0 fully saturated rings. The van der Waals surface area contributed by atoms with Gasteiger partial charge >= 0.3 is 0 Å². The van der Waals surface area contributed by atoms with Crippen molar-refractivity contribution in [3.05, 3.63) is 30.0 Å². The molecule has 0 aliphatic carbocycles. The molecule has 0 saturated carbocycles. The Labute approximate surface area is 75.0 Å². The molecule has 0 spiro atoms. The first kappa shape index (κ1) is 7.86. The number of Topliss-reactive ketones (excluding diaryl/α,β-unsaturated/α-hetero) is 1. The van der Waals surface area contributed by atoms with Crippen LogP contribution in [0.2, 0.25) is 0 Å². The monoisotopic (exact) mass is 175 g/mol. The van der Waals surface area contributed by atoms with E-state index in [4.69, 9.17) is 0 Å². The lowest BCUT2D eigenvalue weighted by atomic mass is 10.1. The molecule has 66 valence electrons. The smallest absolute Gasteiger partial charge is 0.161 e. The number of rotatable bonds is 1. The van der Waals surface area contributed by atoms with E-state index in [1.807, 2.05) is 6.07 Å². The van der Waals surface area contributed by atoms with Crippen molar-refractivity contribution in [3.63, 3.8) is 0 Å². The van der Waals surface area contributed by atoms with Crippen LogP contribution in [-0.4, -0.2) is 15.9 Å². The van der Waals surface area contributed by atoms with Gasteiger partial charge in [-0.15, -0.1) is 0 Å². The predicted molar refractivity (Wildman–Crippen MR) is 50.0 cm³/mol. The topological polar surface area (TPSA) is 53.1 Å². The number of ketones is 1. The van der Waals surface area contributed by atoms with Crippen LogP contribution >= 0.6 is 0 Å². The van der Waals surface area contributed by atoms with Gasteiger partial charge in [0.15, 0.2) is 5.78 Å². The number of phenolic OH excluding ortho intramolecular Hbond substituents is 1. The van der Waals surface area contributed by atoms with Crippen molar-refractivity contribution in [2.24, 2.45) is 0 Å². The average Bonchev–Trinajstić information content (AvgIpc) is 2.48. The highest BCUT2D eigenvalue weighted by Gasteiger charge is 2.08.